The third kappa shape index (κ3) is 2.95. The minimum Gasteiger partial charge on any atom is -0.399 e. The first-order chi connectivity index (χ1) is 5.47. The van der Waals surface area contributed by atoms with Crippen LogP contribution in [-0.4, -0.2) is 0 Å². The van der Waals surface area contributed by atoms with Gasteiger partial charge >= 0.3 is 0 Å². The Morgan fingerprint density at radius 1 is 1.08 bits per heavy atom. The highest BCUT2D eigenvalue weighted by Gasteiger charge is 2.10. The van der Waals surface area contributed by atoms with Crippen LogP contribution >= 0.6 is 0 Å². The zero-order chi connectivity index (χ0) is 9.19. The number of benzene rings is 1. The fraction of sp³-hybridized carbons (Fsp3) is 0.455. The first-order valence-corrected chi connectivity index (χ1v) is 4.32. The third-order valence-electron chi connectivity index (χ3n) is 1.71. The summed E-state index contributed by atoms with van der Waals surface area (Å²) in [6.45, 7) is 6.72. The molecule has 0 atom stereocenters. The van der Waals surface area contributed by atoms with Gasteiger partial charge in [0.2, 0.25) is 0 Å². The number of hydrogen-bond acceptors (Lipinski definition) is 1. The molecule has 0 saturated carbocycles. The molecule has 0 aliphatic heterocycles. The molecule has 0 spiro atoms. The van der Waals surface area contributed by atoms with E-state index in [-0.39, 0.29) is 0 Å². The SMILES string of the molecule is CC(C)(C)Cc1ccc(N)cc1. The second kappa shape index (κ2) is 3.18. The van der Waals surface area contributed by atoms with Crippen molar-refractivity contribution < 1.29 is 0 Å². The molecule has 0 aliphatic rings. The summed E-state index contributed by atoms with van der Waals surface area (Å²) in [4.78, 5) is 0. The molecule has 66 valence electrons. The number of nitrogen functional groups attached to an aromatic ring is 1. The number of anilines is 1. The van der Waals surface area contributed by atoms with Gasteiger partial charge in [0.25, 0.3) is 0 Å². The van der Waals surface area contributed by atoms with E-state index in [1.165, 1.54) is 5.56 Å². The minimum atomic E-state index is 0.357. The van der Waals surface area contributed by atoms with Gasteiger partial charge < -0.3 is 5.73 Å². The Kier molecular flexibility index (Phi) is 2.41. The van der Waals surface area contributed by atoms with E-state index < -0.39 is 0 Å². The molecule has 1 aromatic rings. The molecule has 0 fully saturated rings. The van der Waals surface area contributed by atoms with Gasteiger partial charge in [0.05, 0.1) is 0 Å². The van der Waals surface area contributed by atoms with Crippen LogP contribution in [0.2, 0.25) is 0 Å². The predicted molar refractivity (Wildman–Crippen MR) is 54.0 cm³/mol. The third-order valence-corrected chi connectivity index (χ3v) is 1.71. The van der Waals surface area contributed by atoms with E-state index in [0.717, 1.165) is 12.1 Å². The van der Waals surface area contributed by atoms with Crippen molar-refractivity contribution in [2.75, 3.05) is 5.73 Å². The van der Waals surface area contributed by atoms with Crippen LogP contribution in [0.3, 0.4) is 0 Å². The van der Waals surface area contributed by atoms with E-state index in [9.17, 15) is 0 Å². The van der Waals surface area contributed by atoms with Gasteiger partial charge in [0.15, 0.2) is 0 Å². The standard InChI is InChI=1S/C11H17N/c1-11(2,3)8-9-4-6-10(12)7-5-9/h4-7H,8,12H2,1-3H3. The number of nitrogens with two attached hydrogens (primary N) is 1. The fourth-order valence-corrected chi connectivity index (χ4v) is 1.25. The molecule has 1 heteroatoms. The van der Waals surface area contributed by atoms with Crippen molar-refractivity contribution in [2.45, 2.75) is 27.2 Å². The summed E-state index contributed by atoms with van der Waals surface area (Å²) in [6.07, 6.45) is 1.10. The van der Waals surface area contributed by atoms with Crippen molar-refractivity contribution >= 4 is 5.69 Å². The molecule has 0 heterocycles. The van der Waals surface area contributed by atoms with Crippen LogP contribution in [-0.2, 0) is 6.42 Å². The zero-order valence-corrected chi connectivity index (χ0v) is 8.09. The van der Waals surface area contributed by atoms with Crippen LogP contribution in [0.5, 0.6) is 0 Å². The maximum absolute atomic E-state index is 5.59. The van der Waals surface area contributed by atoms with Crippen LogP contribution in [0.4, 0.5) is 5.69 Å². The lowest BCUT2D eigenvalue weighted by atomic mass is 9.88. The zero-order valence-electron chi connectivity index (χ0n) is 8.09. The minimum absolute atomic E-state index is 0.357. The van der Waals surface area contributed by atoms with Gasteiger partial charge in [0, 0.05) is 5.69 Å². The highest BCUT2D eigenvalue weighted by atomic mass is 14.5. The van der Waals surface area contributed by atoms with Crippen molar-refractivity contribution in [3.8, 4) is 0 Å². The van der Waals surface area contributed by atoms with E-state index >= 15 is 0 Å². The van der Waals surface area contributed by atoms with Gasteiger partial charge in [-0.2, -0.15) is 0 Å². The Balaban J connectivity index is 2.71. The highest BCUT2D eigenvalue weighted by Crippen LogP contribution is 2.20. The van der Waals surface area contributed by atoms with E-state index in [0.29, 0.717) is 5.41 Å². The van der Waals surface area contributed by atoms with Crippen molar-refractivity contribution in [1.82, 2.24) is 0 Å². The second-order valence-corrected chi connectivity index (χ2v) is 4.48. The topological polar surface area (TPSA) is 26.0 Å². The molecule has 0 aliphatic carbocycles. The Bertz CT molecular complexity index is 241. The monoisotopic (exact) mass is 163 g/mol. The van der Waals surface area contributed by atoms with Gasteiger partial charge in [-0.3, -0.25) is 0 Å². The Labute approximate surface area is 74.6 Å². The molecular weight excluding hydrogens is 146 g/mol. The molecule has 0 unspecified atom stereocenters. The van der Waals surface area contributed by atoms with Crippen LogP contribution in [0.15, 0.2) is 24.3 Å². The summed E-state index contributed by atoms with van der Waals surface area (Å²) in [7, 11) is 0. The number of rotatable bonds is 1. The van der Waals surface area contributed by atoms with E-state index in [1.54, 1.807) is 0 Å². The molecule has 0 radical (unpaired) electrons. The molecule has 1 rings (SSSR count). The first-order valence-electron chi connectivity index (χ1n) is 4.32. The number of hydrogen-bond donors (Lipinski definition) is 1. The molecule has 0 amide bonds. The first kappa shape index (κ1) is 9.11. The molecule has 1 aromatic carbocycles. The van der Waals surface area contributed by atoms with Crippen LogP contribution in [0.1, 0.15) is 26.3 Å². The Morgan fingerprint density at radius 2 is 1.58 bits per heavy atom. The van der Waals surface area contributed by atoms with Gasteiger partial charge in [-0.25, -0.2) is 0 Å². The molecule has 1 nitrogen and oxygen atoms in total. The van der Waals surface area contributed by atoms with Crippen molar-refractivity contribution in [3.63, 3.8) is 0 Å². The normalized spacial score (nSPS) is 11.6. The maximum Gasteiger partial charge on any atom is 0.0314 e. The lowest BCUT2D eigenvalue weighted by Crippen LogP contribution is -2.08. The van der Waals surface area contributed by atoms with Crippen molar-refractivity contribution in [1.29, 1.82) is 0 Å². The summed E-state index contributed by atoms with van der Waals surface area (Å²) in [6, 6.07) is 8.11. The summed E-state index contributed by atoms with van der Waals surface area (Å²) in [5.41, 5.74) is 8.15. The Hall–Kier alpha value is -0.980. The van der Waals surface area contributed by atoms with Crippen molar-refractivity contribution in [3.05, 3.63) is 29.8 Å². The van der Waals surface area contributed by atoms with E-state index in [1.807, 2.05) is 12.1 Å². The largest absolute Gasteiger partial charge is 0.399 e. The lowest BCUT2D eigenvalue weighted by molar-refractivity contribution is 0.411. The smallest absolute Gasteiger partial charge is 0.0314 e. The highest BCUT2D eigenvalue weighted by molar-refractivity contribution is 5.39. The van der Waals surface area contributed by atoms with E-state index in [2.05, 4.69) is 32.9 Å². The molecule has 0 aromatic heterocycles. The van der Waals surface area contributed by atoms with Crippen LogP contribution in [0, 0.1) is 5.41 Å². The summed E-state index contributed by atoms with van der Waals surface area (Å²) < 4.78 is 0. The molecule has 0 bridgehead atoms. The van der Waals surface area contributed by atoms with Crippen molar-refractivity contribution in [2.24, 2.45) is 5.41 Å². The summed E-state index contributed by atoms with van der Waals surface area (Å²) in [5.74, 6) is 0. The lowest BCUT2D eigenvalue weighted by Gasteiger charge is -2.17. The van der Waals surface area contributed by atoms with E-state index in [4.69, 9.17) is 5.73 Å². The average molecular weight is 163 g/mol. The summed E-state index contributed by atoms with van der Waals surface area (Å²) >= 11 is 0. The fourth-order valence-electron chi connectivity index (χ4n) is 1.25. The van der Waals surface area contributed by atoms with Gasteiger partial charge in [-0.15, -0.1) is 0 Å². The van der Waals surface area contributed by atoms with Crippen LogP contribution in [0.25, 0.3) is 0 Å². The van der Waals surface area contributed by atoms with Gasteiger partial charge in [-0.05, 0) is 29.5 Å². The molecule has 12 heavy (non-hydrogen) atoms. The predicted octanol–water partition coefficient (Wildman–Crippen LogP) is 2.86. The van der Waals surface area contributed by atoms with Gasteiger partial charge in [-0.1, -0.05) is 32.9 Å². The molecule has 2 N–H and O–H groups in total. The average Bonchev–Trinajstić information content (AvgIpc) is 1.91. The Morgan fingerprint density at radius 3 is 2.00 bits per heavy atom. The quantitative estimate of drug-likeness (QED) is 0.633. The summed E-state index contributed by atoms with van der Waals surface area (Å²) in [5, 5.41) is 0. The van der Waals surface area contributed by atoms with Gasteiger partial charge in [0.1, 0.15) is 0 Å². The van der Waals surface area contributed by atoms with Crippen LogP contribution < -0.4 is 5.73 Å². The molecular formula is C11H17N. The molecule has 0 saturated heterocycles. The second-order valence-electron chi connectivity index (χ2n) is 4.48. The maximum atomic E-state index is 5.59.